The van der Waals surface area contributed by atoms with Gasteiger partial charge in [0.2, 0.25) is 0 Å². The maximum Gasteiger partial charge on any atom is 0.365 e. The molecule has 1 aromatic heterocycles. The summed E-state index contributed by atoms with van der Waals surface area (Å²) >= 11 is 19.3. The third kappa shape index (κ3) is 4.89. The molecule has 30 heavy (non-hydrogen) atoms. The van der Waals surface area contributed by atoms with Crippen LogP contribution in [0.15, 0.2) is 56.7 Å². The molecule has 3 rings (SSSR count). The molecule has 0 atom stereocenters. The fraction of sp³-hybridized carbons (Fsp3) is 0.238. The first-order valence-electron chi connectivity index (χ1n) is 9.07. The quantitative estimate of drug-likeness (QED) is 0.369. The highest BCUT2D eigenvalue weighted by atomic mass is 35.5. The number of benzene rings is 2. The molecule has 158 valence electrons. The summed E-state index contributed by atoms with van der Waals surface area (Å²) in [5, 5.41) is 1.61. The van der Waals surface area contributed by atoms with Crippen LogP contribution < -0.4 is 10.5 Å². The molecular weight excluding hydrogens is 467 g/mol. The number of hydrogen-bond acceptors (Lipinski definition) is 4. The van der Waals surface area contributed by atoms with Crippen molar-refractivity contribution < 1.29 is 9.32 Å². The van der Waals surface area contributed by atoms with E-state index < -0.39 is 11.6 Å². The Hall–Kier alpha value is -1.86. The van der Waals surface area contributed by atoms with Crippen LogP contribution in [0, 0.1) is 6.92 Å². The number of anilines is 1. The Morgan fingerprint density at radius 1 is 1.10 bits per heavy atom. The zero-order valence-electron chi connectivity index (χ0n) is 16.5. The summed E-state index contributed by atoms with van der Waals surface area (Å²) in [6.45, 7) is 5.36. The van der Waals surface area contributed by atoms with Crippen molar-refractivity contribution in [2.24, 2.45) is 0 Å². The summed E-state index contributed by atoms with van der Waals surface area (Å²) < 4.78 is 6.32. The van der Waals surface area contributed by atoms with Gasteiger partial charge in [0.25, 0.3) is 0 Å². The number of rotatable bonds is 5. The minimum atomic E-state index is -0.572. The molecule has 1 heterocycles. The fourth-order valence-corrected chi connectivity index (χ4v) is 4.55. The van der Waals surface area contributed by atoms with Crippen molar-refractivity contribution in [3.05, 3.63) is 79.2 Å². The van der Waals surface area contributed by atoms with Crippen LogP contribution in [-0.2, 0) is 5.75 Å². The molecular formula is C21H19Cl3N2O3S. The van der Waals surface area contributed by atoms with Crippen LogP contribution in [0.2, 0.25) is 15.1 Å². The molecule has 5 nitrogen and oxygen atoms in total. The topological polar surface area (TPSA) is 55.5 Å². The molecule has 0 saturated carbocycles. The Morgan fingerprint density at radius 2 is 1.73 bits per heavy atom. The molecule has 0 unspecified atom stereocenters. The zero-order chi connectivity index (χ0) is 22.0. The Bertz CT molecular complexity index is 1120. The molecule has 0 fully saturated rings. The second-order valence-electron chi connectivity index (χ2n) is 6.82. The van der Waals surface area contributed by atoms with Crippen molar-refractivity contribution in [1.82, 2.24) is 4.74 Å². The van der Waals surface area contributed by atoms with Gasteiger partial charge >= 0.3 is 11.6 Å². The van der Waals surface area contributed by atoms with Gasteiger partial charge < -0.3 is 4.52 Å². The molecule has 0 spiro atoms. The molecule has 0 aliphatic rings. The van der Waals surface area contributed by atoms with Gasteiger partial charge in [-0.05, 0) is 62.7 Å². The predicted molar refractivity (Wildman–Crippen MR) is 124 cm³/mol. The zero-order valence-corrected chi connectivity index (χ0v) is 19.6. The first kappa shape index (κ1) is 22.8. The van der Waals surface area contributed by atoms with Crippen molar-refractivity contribution in [3.8, 4) is 0 Å². The van der Waals surface area contributed by atoms with Gasteiger partial charge in [0.1, 0.15) is 10.7 Å². The van der Waals surface area contributed by atoms with E-state index in [0.29, 0.717) is 37.2 Å². The number of carbonyl (C=O) groups is 1. The van der Waals surface area contributed by atoms with E-state index in [-0.39, 0.29) is 6.04 Å². The lowest BCUT2D eigenvalue weighted by atomic mass is 10.2. The minimum absolute atomic E-state index is 0.208. The largest absolute Gasteiger partial charge is 0.371 e. The van der Waals surface area contributed by atoms with Crippen LogP contribution in [0.3, 0.4) is 0 Å². The molecule has 0 aliphatic carbocycles. The van der Waals surface area contributed by atoms with E-state index in [2.05, 4.69) is 0 Å². The minimum Gasteiger partial charge on any atom is -0.371 e. The summed E-state index contributed by atoms with van der Waals surface area (Å²) in [6.07, 6.45) is 0. The SMILES string of the molecule is Cc1on(C(=O)N(c2ccc(Cl)cc2)C(C)C)c(=O)c1SCc1ccc(Cl)cc1Cl. The molecule has 9 heteroatoms. The number of thioether (sulfide) groups is 1. The Morgan fingerprint density at radius 3 is 2.33 bits per heavy atom. The lowest BCUT2D eigenvalue weighted by Crippen LogP contribution is -2.43. The summed E-state index contributed by atoms with van der Waals surface area (Å²) in [4.78, 5) is 27.9. The summed E-state index contributed by atoms with van der Waals surface area (Å²) in [7, 11) is 0. The maximum absolute atomic E-state index is 13.1. The molecule has 3 aromatic rings. The number of aromatic nitrogens is 1. The molecule has 1 amide bonds. The average Bonchev–Trinajstić information content (AvgIpc) is 2.96. The van der Waals surface area contributed by atoms with Gasteiger partial charge in [0.15, 0.2) is 0 Å². The van der Waals surface area contributed by atoms with Gasteiger partial charge in [-0.25, -0.2) is 4.79 Å². The van der Waals surface area contributed by atoms with E-state index in [4.69, 9.17) is 39.3 Å². The number of nitrogens with zero attached hydrogens (tertiary/aromatic N) is 2. The normalized spacial score (nSPS) is 11.2. The van der Waals surface area contributed by atoms with Crippen LogP contribution in [0.5, 0.6) is 0 Å². The molecule has 0 N–H and O–H groups in total. The fourth-order valence-electron chi connectivity index (χ4n) is 2.87. The standard InChI is InChI=1S/C21H19Cl3N2O3S/c1-12(2)25(17-8-6-15(22)7-9-17)21(28)26-20(27)19(13(3)29-26)30-11-14-4-5-16(23)10-18(14)24/h4-10,12H,11H2,1-3H3. The second-order valence-corrected chi connectivity index (χ2v) is 9.09. The van der Waals surface area contributed by atoms with E-state index in [0.717, 1.165) is 10.3 Å². The van der Waals surface area contributed by atoms with Crippen LogP contribution in [0.1, 0.15) is 25.2 Å². The van der Waals surface area contributed by atoms with Gasteiger partial charge in [-0.15, -0.1) is 11.8 Å². The van der Waals surface area contributed by atoms with Crippen LogP contribution in [0.4, 0.5) is 10.5 Å². The van der Waals surface area contributed by atoms with Gasteiger partial charge in [0.05, 0.1) is 0 Å². The number of carbonyl (C=O) groups excluding carboxylic acids is 1. The molecule has 0 aliphatic heterocycles. The van der Waals surface area contributed by atoms with Crippen molar-refractivity contribution in [3.63, 3.8) is 0 Å². The summed E-state index contributed by atoms with van der Waals surface area (Å²) in [5.74, 6) is 0.800. The molecule has 0 radical (unpaired) electrons. The van der Waals surface area contributed by atoms with Crippen molar-refractivity contribution in [1.29, 1.82) is 0 Å². The van der Waals surface area contributed by atoms with E-state index in [9.17, 15) is 9.59 Å². The predicted octanol–water partition coefficient (Wildman–Crippen LogP) is 6.89. The van der Waals surface area contributed by atoms with Crippen LogP contribution >= 0.6 is 46.6 Å². The first-order chi connectivity index (χ1) is 14.2. The summed E-state index contributed by atoms with van der Waals surface area (Å²) in [6, 6.07) is 11.2. The van der Waals surface area contributed by atoms with Crippen molar-refractivity contribution >= 4 is 58.3 Å². The Labute approximate surface area is 193 Å². The van der Waals surface area contributed by atoms with E-state index in [1.54, 1.807) is 49.4 Å². The number of halogens is 3. The van der Waals surface area contributed by atoms with Gasteiger partial charge in [-0.2, -0.15) is 0 Å². The first-order valence-corrected chi connectivity index (χ1v) is 11.2. The third-order valence-electron chi connectivity index (χ3n) is 4.31. The number of amides is 1. The van der Waals surface area contributed by atoms with E-state index in [1.165, 1.54) is 16.7 Å². The Kier molecular flexibility index (Phi) is 7.24. The number of hydrogen-bond donors (Lipinski definition) is 0. The van der Waals surface area contributed by atoms with Crippen molar-refractivity contribution in [2.45, 2.75) is 37.5 Å². The highest BCUT2D eigenvalue weighted by Crippen LogP contribution is 2.29. The summed E-state index contributed by atoms with van der Waals surface area (Å²) in [5.41, 5.74) is 0.934. The number of aryl methyl sites for hydroxylation is 1. The van der Waals surface area contributed by atoms with Gasteiger partial charge in [-0.3, -0.25) is 9.69 Å². The second kappa shape index (κ2) is 9.52. The van der Waals surface area contributed by atoms with Gasteiger partial charge in [0, 0.05) is 32.5 Å². The smallest absolute Gasteiger partial charge is 0.365 e. The Balaban J connectivity index is 1.88. The third-order valence-corrected chi connectivity index (χ3v) is 6.36. The molecule has 2 aromatic carbocycles. The monoisotopic (exact) mass is 484 g/mol. The highest BCUT2D eigenvalue weighted by Gasteiger charge is 2.27. The molecule has 0 saturated heterocycles. The van der Waals surface area contributed by atoms with Crippen LogP contribution in [0.25, 0.3) is 0 Å². The average molecular weight is 486 g/mol. The van der Waals surface area contributed by atoms with Crippen molar-refractivity contribution in [2.75, 3.05) is 4.90 Å². The van der Waals surface area contributed by atoms with Gasteiger partial charge in [-0.1, -0.05) is 45.6 Å². The van der Waals surface area contributed by atoms with E-state index in [1.807, 2.05) is 13.8 Å². The lowest BCUT2D eigenvalue weighted by Gasteiger charge is -2.25. The van der Waals surface area contributed by atoms with E-state index >= 15 is 0 Å². The van der Waals surface area contributed by atoms with Crippen LogP contribution in [-0.4, -0.2) is 16.8 Å². The highest BCUT2D eigenvalue weighted by molar-refractivity contribution is 7.98. The molecule has 0 bridgehead atoms. The maximum atomic E-state index is 13.1. The lowest BCUT2D eigenvalue weighted by molar-refractivity contribution is 0.210.